The highest BCUT2D eigenvalue weighted by atomic mass is 32.2. The molecule has 10 heteroatoms. The predicted octanol–water partition coefficient (Wildman–Crippen LogP) is 2.95. The number of phenols is 1. The monoisotopic (exact) mass is 563 g/mol. The van der Waals surface area contributed by atoms with Crippen LogP contribution in [-0.2, 0) is 37.7 Å². The number of hydrogen-bond donors (Lipinski definition) is 3. The van der Waals surface area contributed by atoms with E-state index in [2.05, 4.69) is 5.32 Å². The van der Waals surface area contributed by atoms with Crippen molar-refractivity contribution in [2.45, 2.75) is 71.0 Å². The zero-order valence-corrected chi connectivity index (χ0v) is 24.7. The van der Waals surface area contributed by atoms with Gasteiger partial charge in [0.25, 0.3) is 0 Å². The van der Waals surface area contributed by atoms with Gasteiger partial charge in [-0.3, -0.25) is 9.59 Å². The smallest absolute Gasteiger partial charge is 0.243 e. The van der Waals surface area contributed by atoms with E-state index in [0.29, 0.717) is 11.1 Å². The van der Waals surface area contributed by atoms with Crippen LogP contribution in [0.1, 0.15) is 51.3 Å². The van der Waals surface area contributed by atoms with Gasteiger partial charge in [0.15, 0.2) is 0 Å². The summed E-state index contributed by atoms with van der Waals surface area (Å²) in [4.78, 5) is 27.9. The molecule has 0 saturated carbocycles. The number of nitrogens with two attached hydrogens (primary N) is 1. The van der Waals surface area contributed by atoms with E-state index in [4.69, 9.17) is 5.73 Å². The standard InChI is InChI=1S/C29H42FN3O5S/c1-18(2)26(33(6)28(36)24(31)16-19-8-11-21(30)12-9-19)27(35)32-22(17-39(7,37)38)14-20-10-13-25(34)23(15-20)29(3,4)5/h8-13,15,18,22,24,26,34H,14,16-17,31H2,1-7H3,(H,32,35). The molecule has 8 nitrogen and oxygen atoms in total. The van der Waals surface area contributed by atoms with Crippen LogP contribution in [0.3, 0.4) is 0 Å². The highest BCUT2D eigenvalue weighted by molar-refractivity contribution is 7.90. The normalized spacial score (nSPS) is 14.5. The Morgan fingerprint density at radius 2 is 1.62 bits per heavy atom. The van der Waals surface area contributed by atoms with Crippen LogP contribution in [0.25, 0.3) is 0 Å². The number of sulfone groups is 1. The molecule has 0 spiro atoms. The van der Waals surface area contributed by atoms with E-state index in [0.717, 1.165) is 11.8 Å². The maximum Gasteiger partial charge on any atom is 0.243 e. The second kappa shape index (κ2) is 12.9. The van der Waals surface area contributed by atoms with E-state index in [1.54, 1.807) is 38.1 Å². The van der Waals surface area contributed by atoms with Crippen molar-refractivity contribution >= 4 is 21.7 Å². The molecule has 39 heavy (non-hydrogen) atoms. The van der Waals surface area contributed by atoms with Gasteiger partial charge in [-0.25, -0.2) is 12.8 Å². The Kier molecular flexibility index (Phi) is 10.7. The molecule has 2 aromatic carbocycles. The van der Waals surface area contributed by atoms with Gasteiger partial charge in [0.1, 0.15) is 27.4 Å². The fraction of sp³-hybridized carbons (Fsp3) is 0.517. The van der Waals surface area contributed by atoms with Crippen molar-refractivity contribution in [3.05, 3.63) is 65.0 Å². The lowest BCUT2D eigenvalue weighted by Crippen LogP contribution is -2.57. The molecule has 0 aliphatic rings. The lowest BCUT2D eigenvalue weighted by molar-refractivity contribution is -0.141. The number of halogens is 1. The number of amides is 2. The number of hydrogen-bond acceptors (Lipinski definition) is 6. The highest BCUT2D eigenvalue weighted by Crippen LogP contribution is 2.31. The Morgan fingerprint density at radius 3 is 2.13 bits per heavy atom. The highest BCUT2D eigenvalue weighted by Gasteiger charge is 2.34. The zero-order valence-electron chi connectivity index (χ0n) is 23.9. The second-order valence-corrected chi connectivity index (χ2v) is 13.9. The summed E-state index contributed by atoms with van der Waals surface area (Å²) in [7, 11) is -1.96. The number of carbonyl (C=O) groups is 2. The van der Waals surface area contributed by atoms with Gasteiger partial charge in [-0.15, -0.1) is 0 Å². The molecule has 0 heterocycles. The number of nitrogens with one attached hydrogen (secondary N) is 1. The SMILES string of the molecule is CC(C)C(C(=O)NC(Cc1ccc(O)c(C(C)(C)C)c1)CS(C)(=O)=O)N(C)C(=O)C(N)Cc1ccc(F)cc1. The van der Waals surface area contributed by atoms with E-state index in [1.165, 1.54) is 24.1 Å². The third-order valence-electron chi connectivity index (χ3n) is 6.55. The molecule has 0 bridgehead atoms. The number of likely N-dealkylation sites (N-methyl/N-ethyl adjacent to an activating group) is 1. The van der Waals surface area contributed by atoms with Crippen molar-refractivity contribution in [3.8, 4) is 5.75 Å². The summed E-state index contributed by atoms with van der Waals surface area (Å²) >= 11 is 0. The van der Waals surface area contributed by atoms with E-state index in [1.807, 2.05) is 26.8 Å². The molecule has 0 aromatic heterocycles. The Balaban J connectivity index is 2.25. The van der Waals surface area contributed by atoms with Crippen molar-refractivity contribution in [1.29, 1.82) is 0 Å². The first-order valence-corrected chi connectivity index (χ1v) is 15.0. The van der Waals surface area contributed by atoms with Crippen LogP contribution in [0.4, 0.5) is 4.39 Å². The molecule has 0 aliphatic carbocycles. The predicted molar refractivity (Wildman–Crippen MR) is 152 cm³/mol. The molecule has 4 N–H and O–H groups in total. The Hall–Kier alpha value is -2.98. The summed E-state index contributed by atoms with van der Waals surface area (Å²) < 4.78 is 37.7. The van der Waals surface area contributed by atoms with Crippen molar-refractivity contribution in [2.75, 3.05) is 19.1 Å². The number of carbonyl (C=O) groups excluding carboxylic acids is 2. The zero-order chi connectivity index (χ0) is 29.7. The fourth-order valence-electron chi connectivity index (χ4n) is 4.69. The summed E-state index contributed by atoms with van der Waals surface area (Å²) in [6.07, 6.45) is 1.49. The van der Waals surface area contributed by atoms with Gasteiger partial charge in [0.05, 0.1) is 11.8 Å². The molecular weight excluding hydrogens is 521 g/mol. The number of benzene rings is 2. The first-order chi connectivity index (χ1) is 17.9. The molecule has 0 saturated heterocycles. The number of phenolic OH excluding ortho intramolecular Hbond substituents is 1. The van der Waals surface area contributed by atoms with Crippen LogP contribution in [0.5, 0.6) is 5.75 Å². The van der Waals surface area contributed by atoms with Crippen LogP contribution in [0.2, 0.25) is 0 Å². The molecule has 216 valence electrons. The van der Waals surface area contributed by atoms with Gasteiger partial charge in [-0.1, -0.05) is 58.9 Å². The number of nitrogens with zero attached hydrogens (tertiary/aromatic N) is 1. The third kappa shape index (κ3) is 9.61. The second-order valence-electron chi connectivity index (χ2n) is 11.7. The van der Waals surface area contributed by atoms with Gasteiger partial charge in [0, 0.05) is 19.3 Å². The van der Waals surface area contributed by atoms with Crippen LogP contribution >= 0.6 is 0 Å². The number of aromatic hydroxyl groups is 1. The van der Waals surface area contributed by atoms with Gasteiger partial charge in [0.2, 0.25) is 11.8 Å². The Labute approximate surface area is 231 Å². The molecule has 3 unspecified atom stereocenters. The van der Waals surface area contributed by atoms with E-state index < -0.39 is 45.6 Å². The van der Waals surface area contributed by atoms with Crippen LogP contribution < -0.4 is 11.1 Å². The largest absolute Gasteiger partial charge is 0.508 e. The van der Waals surface area contributed by atoms with Gasteiger partial charge in [-0.05, 0) is 59.1 Å². The minimum Gasteiger partial charge on any atom is -0.508 e. The lowest BCUT2D eigenvalue weighted by Gasteiger charge is -2.33. The average Bonchev–Trinajstić information content (AvgIpc) is 2.79. The molecular formula is C29H42FN3O5S. The summed E-state index contributed by atoms with van der Waals surface area (Å²) in [6.45, 7) is 9.47. The third-order valence-corrected chi connectivity index (χ3v) is 7.56. The van der Waals surface area contributed by atoms with Gasteiger partial charge in [-0.2, -0.15) is 0 Å². The molecule has 3 atom stereocenters. The van der Waals surface area contributed by atoms with Crippen molar-refractivity contribution in [1.82, 2.24) is 10.2 Å². The summed E-state index contributed by atoms with van der Waals surface area (Å²) in [5, 5.41) is 13.2. The topological polar surface area (TPSA) is 130 Å². The van der Waals surface area contributed by atoms with E-state index in [9.17, 15) is 27.5 Å². The molecule has 0 aliphatic heterocycles. The minimum atomic E-state index is -3.46. The summed E-state index contributed by atoms with van der Waals surface area (Å²) in [5.74, 6) is -1.78. The Bertz CT molecular complexity index is 1260. The van der Waals surface area contributed by atoms with Gasteiger partial charge < -0.3 is 21.1 Å². The quantitative estimate of drug-likeness (QED) is 0.386. The van der Waals surface area contributed by atoms with E-state index >= 15 is 0 Å². The van der Waals surface area contributed by atoms with Crippen LogP contribution in [0.15, 0.2) is 42.5 Å². The molecule has 0 radical (unpaired) electrons. The summed E-state index contributed by atoms with van der Waals surface area (Å²) in [5.41, 5.74) is 7.98. The lowest BCUT2D eigenvalue weighted by atomic mass is 9.85. The fourth-order valence-corrected chi connectivity index (χ4v) is 5.62. The number of rotatable bonds is 11. The Morgan fingerprint density at radius 1 is 1.05 bits per heavy atom. The minimum absolute atomic E-state index is 0.145. The molecule has 2 rings (SSSR count). The van der Waals surface area contributed by atoms with Crippen molar-refractivity contribution < 1.29 is 27.5 Å². The van der Waals surface area contributed by atoms with Gasteiger partial charge >= 0.3 is 0 Å². The first kappa shape index (κ1) is 32.2. The maximum absolute atomic E-state index is 13.5. The molecule has 0 fully saturated rings. The van der Waals surface area contributed by atoms with Crippen LogP contribution in [-0.4, -0.2) is 67.4 Å². The van der Waals surface area contributed by atoms with Crippen LogP contribution in [0, 0.1) is 11.7 Å². The van der Waals surface area contributed by atoms with Crippen molar-refractivity contribution in [2.24, 2.45) is 11.7 Å². The molecule has 2 amide bonds. The average molecular weight is 564 g/mol. The maximum atomic E-state index is 13.5. The summed E-state index contributed by atoms with van der Waals surface area (Å²) in [6, 6.07) is 8.18. The van der Waals surface area contributed by atoms with E-state index in [-0.39, 0.29) is 35.7 Å². The first-order valence-electron chi connectivity index (χ1n) is 13.0. The molecule has 2 aromatic rings. The van der Waals surface area contributed by atoms with Crippen molar-refractivity contribution in [3.63, 3.8) is 0 Å².